The molecular weight excluding hydrogens is 375 g/mol. The third-order valence-corrected chi connectivity index (χ3v) is 4.33. The van der Waals surface area contributed by atoms with Crippen LogP contribution in [0.5, 0.6) is 0 Å². The Morgan fingerprint density at radius 3 is 2.21 bits per heavy atom. The first-order valence-corrected chi connectivity index (χ1v) is 8.57. The third-order valence-electron chi connectivity index (χ3n) is 4.33. The summed E-state index contributed by atoms with van der Waals surface area (Å²) < 4.78 is 38.7. The highest BCUT2D eigenvalue weighted by atomic mass is 19.4. The molecule has 0 fully saturated rings. The second kappa shape index (κ2) is 8.04. The molecule has 1 heterocycles. The number of carbonyl (C=O) groups excluding carboxylic acids is 1. The van der Waals surface area contributed by atoms with Crippen LogP contribution in [0.1, 0.15) is 39.7 Å². The van der Waals surface area contributed by atoms with Gasteiger partial charge in [0.15, 0.2) is 6.04 Å². The van der Waals surface area contributed by atoms with E-state index in [-0.39, 0.29) is 12.1 Å². The summed E-state index contributed by atoms with van der Waals surface area (Å²) in [6.07, 6.45) is -4.69. The first kappa shape index (κ1) is 21.5. The molecule has 1 aromatic heterocycles. The van der Waals surface area contributed by atoms with Gasteiger partial charge in [0.25, 0.3) is 0 Å². The average molecular weight is 397 g/mol. The Kier molecular flexibility index (Phi) is 6.16. The number of halogens is 3. The van der Waals surface area contributed by atoms with Gasteiger partial charge in [0.2, 0.25) is 5.91 Å². The van der Waals surface area contributed by atoms with Crippen LogP contribution in [0.3, 0.4) is 0 Å². The van der Waals surface area contributed by atoms with Crippen molar-refractivity contribution < 1.29 is 27.9 Å². The fourth-order valence-corrected chi connectivity index (χ4v) is 3.15. The van der Waals surface area contributed by atoms with Gasteiger partial charge in [0.1, 0.15) is 6.54 Å². The van der Waals surface area contributed by atoms with Gasteiger partial charge < -0.3 is 10.4 Å². The SMILES string of the molecule is Cc1cc(C)cc(C(NC(=O)Cc2c(C)nn(CC(F)(F)F)c2C)C(=O)O)c1. The minimum Gasteiger partial charge on any atom is -0.479 e. The lowest BCUT2D eigenvalue weighted by atomic mass is 10.0. The Labute approximate surface area is 160 Å². The predicted molar refractivity (Wildman–Crippen MR) is 95.9 cm³/mol. The number of hydrogen-bond acceptors (Lipinski definition) is 3. The van der Waals surface area contributed by atoms with Crippen molar-refractivity contribution in [1.82, 2.24) is 15.1 Å². The zero-order valence-corrected chi connectivity index (χ0v) is 16.0. The van der Waals surface area contributed by atoms with Gasteiger partial charge in [-0.3, -0.25) is 9.48 Å². The number of carboxylic acids is 1. The topological polar surface area (TPSA) is 84.2 Å². The van der Waals surface area contributed by atoms with Crippen LogP contribution >= 0.6 is 0 Å². The van der Waals surface area contributed by atoms with E-state index in [1.165, 1.54) is 13.8 Å². The van der Waals surface area contributed by atoms with E-state index in [9.17, 15) is 27.9 Å². The van der Waals surface area contributed by atoms with E-state index >= 15 is 0 Å². The molecule has 0 saturated heterocycles. The number of amides is 1. The molecule has 152 valence electrons. The number of nitrogens with zero attached hydrogens (tertiary/aromatic N) is 2. The smallest absolute Gasteiger partial charge is 0.408 e. The molecule has 0 aliphatic rings. The van der Waals surface area contributed by atoms with E-state index in [2.05, 4.69) is 10.4 Å². The molecule has 28 heavy (non-hydrogen) atoms. The van der Waals surface area contributed by atoms with E-state index in [0.717, 1.165) is 15.8 Å². The standard InChI is InChI=1S/C19H22F3N3O3/c1-10-5-11(2)7-14(6-10)17(18(27)28)23-16(26)8-15-12(3)24-25(13(15)4)9-19(20,21)22/h5-7,17H,8-9H2,1-4H3,(H,23,26)(H,27,28). The number of aryl methyl sites for hydroxylation is 3. The van der Waals surface area contributed by atoms with Gasteiger partial charge in [-0.15, -0.1) is 0 Å². The van der Waals surface area contributed by atoms with Crippen LogP contribution in [0.25, 0.3) is 0 Å². The average Bonchev–Trinajstić information content (AvgIpc) is 2.77. The van der Waals surface area contributed by atoms with Crippen molar-refractivity contribution in [1.29, 1.82) is 0 Å². The maximum Gasteiger partial charge on any atom is 0.408 e. The first-order valence-electron chi connectivity index (χ1n) is 8.57. The third kappa shape index (κ3) is 5.34. The van der Waals surface area contributed by atoms with E-state index in [1.807, 2.05) is 19.9 Å². The van der Waals surface area contributed by atoms with Crippen LogP contribution in [0.4, 0.5) is 13.2 Å². The summed E-state index contributed by atoms with van der Waals surface area (Å²) in [6.45, 7) is 5.35. The monoisotopic (exact) mass is 397 g/mol. The minimum atomic E-state index is -4.43. The number of carboxylic acid groups (broad SMARTS) is 1. The highest BCUT2D eigenvalue weighted by Crippen LogP contribution is 2.22. The van der Waals surface area contributed by atoms with Crippen molar-refractivity contribution in [2.45, 2.75) is 52.9 Å². The number of carbonyl (C=O) groups is 2. The second-order valence-electron chi connectivity index (χ2n) is 6.86. The molecule has 1 amide bonds. The Morgan fingerprint density at radius 2 is 1.71 bits per heavy atom. The van der Waals surface area contributed by atoms with Crippen LogP contribution in [-0.2, 0) is 22.6 Å². The van der Waals surface area contributed by atoms with E-state index in [1.54, 1.807) is 12.1 Å². The maximum atomic E-state index is 12.6. The van der Waals surface area contributed by atoms with Crippen LogP contribution < -0.4 is 5.32 Å². The van der Waals surface area contributed by atoms with Gasteiger partial charge in [0, 0.05) is 11.3 Å². The summed E-state index contributed by atoms with van der Waals surface area (Å²) in [5.74, 6) is -1.83. The van der Waals surface area contributed by atoms with Gasteiger partial charge >= 0.3 is 12.1 Å². The van der Waals surface area contributed by atoms with Crippen molar-refractivity contribution in [2.75, 3.05) is 0 Å². The number of hydrogen-bond donors (Lipinski definition) is 2. The van der Waals surface area contributed by atoms with Gasteiger partial charge in [-0.2, -0.15) is 18.3 Å². The number of rotatable bonds is 6. The van der Waals surface area contributed by atoms with Crippen molar-refractivity contribution in [3.63, 3.8) is 0 Å². The summed E-state index contributed by atoms with van der Waals surface area (Å²) in [7, 11) is 0. The van der Waals surface area contributed by atoms with Gasteiger partial charge in [-0.1, -0.05) is 29.3 Å². The summed E-state index contributed by atoms with van der Waals surface area (Å²) in [6, 6.07) is 3.97. The second-order valence-corrected chi connectivity index (χ2v) is 6.86. The predicted octanol–water partition coefficient (Wildman–Crippen LogP) is 3.16. The lowest BCUT2D eigenvalue weighted by molar-refractivity contribution is -0.143. The lowest BCUT2D eigenvalue weighted by Crippen LogP contribution is -2.35. The molecule has 0 aliphatic carbocycles. The normalized spacial score (nSPS) is 12.7. The first-order chi connectivity index (χ1) is 12.9. The minimum absolute atomic E-state index is 0.225. The van der Waals surface area contributed by atoms with Crippen LogP contribution in [0, 0.1) is 27.7 Å². The number of aromatic nitrogens is 2. The molecular formula is C19H22F3N3O3. The van der Waals surface area contributed by atoms with E-state index in [0.29, 0.717) is 16.8 Å². The summed E-state index contributed by atoms with van der Waals surface area (Å²) >= 11 is 0. The van der Waals surface area contributed by atoms with Gasteiger partial charge in [-0.05, 0) is 33.3 Å². The van der Waals surface area contributed by atoms with Crippen molar-refractivity contribution in [3.8, 4) is 0 Å². The highest BCUT2D eigenvalue weighted by molar-refractivity contribution is 5.86. The molecule has 0 aliphatic heterocycles. The molecule has 1 atom stereocenters. The summed E-state index contributed by atoms with van der Waals surface area (Å²) in [5.41, 5.74) is 3.02. The molecule has 1 aromatic carbocycles. The van der Waals surface area contributed by atoms with Gasteiger partial charge in [-0.25, -0.2) is 4.79 Å². The quantitative estimate of drug-likeness (QED) is 0.784. The zero-order chi connectivity index (χ0) is 21.2. The Bertz CT molecular complexity index is 884. The zero-order valence-electron chi connectivity index (χ0n) is 16.0. The Hall–Kier alpha value is -2.84. The number of aliphatic carboxylic acids is 1. The number of benzene rings is 1. The molecule has 0 saturated carbocycles. The highest BCUT2D eigenvalue weighted by Gasteiger charge is 2.30. The van der Waals surface area contributed by atoms with Crippen LogP contribution in [-0.4, -0.2) is 32.9 Å². The summed E-state index contributed by atoms with van der Waals surface area (Å²) in [4.78, 5) is 24.1. The van der Waals surface area contributed by atoms with Crippen molar-refractivity contribution in [3.05, 3.63) is 51.8 Å². The molecule has 0 radical (unpaired) electrons. The molecule has 0 bridgehead atoms. The number of alkyl halides is 3. The molecule has 1 unspecified atom stereocenters. The fourth-order valence-electron chi connectivity index (χ4n) is 3.15. The molecule has 2 rings (SSSR count). The molecule has 9 heteroatoms. The molecule has 2 N–H and O–H groups in total. The largest absolute Gasteiger partial charge is 0.479 e. The van der Waals surface area contributed by atoms with E-state index in [4.69, 9.17) is 0 Å². The Morgan fingerprint density at radius 1 is 1.14 bits per heavy atom. The lowest BCUT2D eigenvalue weighted by Gasteiger charge is -2.16. The van der Waals surface area contributed by atoms with Crippen LogP contribution in [0.2, 0.25) is 0 Å². The molecule has 2 aromatic rings. The van der Waals surface area contributed by atoms with Gasteiger partial charge in [0.05, 0.1) is 12.1 Å². The Balaban J connectivity index is 2.21. The number of nitrogens with one attached hydrogen (secondary N) is 1. The molecule has 6 nitrogen and oxygen atoms in total. The van der Waals surface area contributed by atoms with Crippen LogP contribution in [0.15, 0.2) is 18.2 Å². The van der Waals surface area contributed by atoms with E-state index < -0.39 is 30.6 Å². The molecule has 0 spiro atoms. The maximum absolute atomic E-state index is 12.6. The van der Waals surface area contributed by atoms with Crippen molar-refractivity contribution >= 4 is 11.9 Å². The summed E-state index contributed by atoms with van der Waals surface area (Å²) in [5, 5.41) is 15.8. The fraction of sp³-hybridized carbons (Fsp3) is 0.421. The van der Waals surface area contributed by atoms with Crippen molar-refractivity contribution in [2.24, 2.45) is 0 Å².